The lowest BCUT2D eigenvalue weighted by Crippen LogP contribution is -2.45. The van der Waals surface area contributed by atoms with Crippen LogP contribution < -0.4 is 10.1 Å². The molecule has 1 amide bonds. The minimum Gasteiger partial charge on any atom is -0.482 e. The van der Waals surface area contributed by atoms with Crippen molar-refractivity contribution in [2.75, 3.05) is 13.2 Å². The molecule has 0 spiro atoms. The molecule has 25 heavy (non-hydrogen) atoms. The summed E-state index contributed by atoms with van der Waals surface area (Å²) in [7, 11) is 0. The second-order valence-corrected chi connectivity index (χ2v) is 7.16. The highest BCUT2D eigenvalue weighted by Crippen LogP contribution is 2.29. The molecule has 1 fully saturated rings. The van der Waals surface area contributed by atoms with Gasteiger partial charge in [0, 0.05) is 6.04 Å². The molecular weight excluding hydrogens is 318 g/mol. The Morgan fingerprint density at radius 3 is 2.64 bits per heavy atom. The fourth-order valence-electron chi connectivity index (χ4n) is 3.32. The predicted octanol–water partition coefficient (Wildman–Crippen LogP) is 3.17. The molecule has 5 nitrogen and oxygen atoms in total. The second-order valence-electron chi connectivity index (χ2n) is 7.16. The van der Waals surface area contributed by atoms with Crippen molar-refractivity contribution in [2.24, 2.45) is 11.8 Å². The molecule has 2 rings (SSSR count). The number of rotatable bonds is 6. The number of hydrogen-bond acceptors (Lipinski definition) is 4. The molecule has 0 aromatic heterocycles. The van der Waals surface area contributed by atoms with Crippen molar-refractivity contribution < 1.29 is 19.1 Å². The highest BCUT2D eigenvalue weighted by Gasteiger charge is 2.28. The number of ether oxygens (including phenoxy) is 2. The zero-order valence-corrected chi connectivity index (χ0v) is 15.6. The molecule has 3 atom stereocenters. The van der Waals surface area contributed by atoms with Crippen LogP contribution >= 0.6 is 0 Å². The van der Waals surface area contributed by atoms with Crippen LogP contribution in [-0.2, 0) is 14.3 Å². The maximum absolute atomic E-state index is 12.0. The van der Waals surface area contributed by atoms with Crippen LogP contribution in [0.3, 0.4) is 0 Å². The standard InChI is InChI=1S/C20H29NO4/c1-13-8-9-18(15(3)10-13)24-12-20(23)25-11-19(22)21-17-7-5-6-14(2)16(17)4/h8-10,14,16-17H,5-7,11-12H2,1-4H3,(H,21,22)/t14-,16-,17+/m0/s1. The van der Waals surface area contributed by atoms with Gasteiger partial charge in [0.2, 0.25) is 0 Å². The maximum Gasteiger partial charge on any atom is 0.344 e. The van der Waals surface area contributed by atoms with Crippen LogP contribution in [0, 0.1) is 25.7 Å². The monoisotopic (exact) mass is 347 g/mol. The summed E-state index contributed by atoms with van der Waals surface area (Å²) < 4.78 is 10.5. The Kier molecular flexibility index (Phi) is 6.85. The van der Waals surface area contributed by atoms with Crippen LogP contribution in [0.25, 0.3) is 0 Å². The van der Waals surface area contributed by atoms with E-state index in [-0.39, 0.29) is 25.2 Å². The molecule has 1 saturated carbocycles. The summed E-state index contributed by atoms with van der Waals surface area (Å²) >= 11 is 0. The second kappa shape index (κ2) is 8.88. The summed E-state index contributed by atoms with van der Waals surface area (Å²) in [6.07, 6.45) is 3.32. The van der Waals surface area contributed by atoms with Crippen molar-refractivity contribution in [3.8, 4) is 5.75 Å². The first-order valence-electron chi connectivity index (χ1n) is 9.02. The molecule has 0 aliphatic heterocycles. The Bertz CT molecular complexity index is 614. The van der Waals surface area contributed by atoms with Crippen molar-refractivity contribution in [3.63, 3.8) is 0 Å². The van der Waals surface area contributed by atoms with E-state index in [2.05, 4.69) is 19.2 Å². The Labute approximate surface area is 150 Å². The molecule has 1 aliphatic rings. The summed E-state index contributed by atoms with van der Waals surface area (Å²) in [5.74, 6) is 0.914. The molecule has 0 bridgehead atoms. The largest absolute Gasteiger partial charge is 0.482 e. The van der Waals surface area contributed by atoms with Crippen molar-refractivity contribution >= 4 is 11.9 Å². The van der Waals surface area contributed by atoms with Gasteiger partial charge in [-0.1, -0.05) is 44.4 Å². The number of hydrogen-bond donors (Lipinski definition) is 1. The molecule has 1 aromatic carbocycles. The highest BCUT2D eigenvalue weighted by atomic mass is 16.6. The fourth-order valence-corrected chi connectivity index (χ4v) is 3.32. The van der Waals surface area contributed by atoms with Crippen molar-refractivity contribution in [1.29, 1.82) is 0 Å². The first-order chi connectivity index (χ1) is 11.9. The van der Waals surface area contributed by atoms with Gasteiger partial charge in [-0.25, -0.2) is 4.79 Å². The van der Waals surface area contributed by atoms with E-state index in [1.165, 1.54) is 6.42 Å². The van der Waals surface area contributed by atoms with Gasteiger partial charge in [-0.05, 0) is 43.7 Å². The maximum atomic E-state index is 12.0. The summed E-state index contributed by atoms with van der Waals surface area (Å²) in [5.41, 5.74) is 2.10. The zero-order valence-electron chi connectivity index (χ0n) is 15.6. The molecule has 0 unspecified atom stereocenters. The van der Waals surface area contributed by atoms with E-state index < -0.39 is 5.97 Å². The minimum atomic E-state index is -0.541. The summed E-state index contributed by atoms with van der Waals surface area (Å²) in [4.78, 5) is 23.8. The van der Waals surface area contributed by atoms with Crippen molar-refractivity contribution in [1.82, 2.24) is 5.32 Å². The zero-order chi connectivity index (χ0) is 18.4. The van der Waals surface area contributed by atoms with Crippen molar-refractivity contribution in [3.05, 3.63) is 29.3 Å². The van der Waals surface area contributed by atoms with Gasteiger partial charge in [0.15, 0.2) is 13.2 Å². The molecule has 0 heterocycles. The van der Waals surface area contributed by atoms with Crippen LogP contribution in [0.5, 0.6) is 5.75 Å². The van der Waals surface area contributed by atoms with E-state index >= 15 is 0 Å². The van der Waals surface area contributed by atoms with Crippen LogP contribution in [0.4, 0.5) is 0 Å². The molecule has 1 aromatic rings. The Balaban J connectivity index is 1.71. The molecule has 1 aliphatic carbocycles. The Morgan fingerprint density at radius 1 is 1.16 bits per heavy atom. The summed E-state index contributed by atoms with van der Waals surface area (Å²) in [6.45, 7) is 7.84. The van der Waals surface area contributed by atoms with Gasteiger partial charge in [-0.15, -0.1) is 0 Å². The number of carbonyl (C=O) groups is 2. The average Bonchev–Trinajstić information content (AvgIpc) is 2.56. The minimum absolute atomic E-state index is 0.168. The lowest BCUT2D eigenvalue weighted by Gasteiger charge is -2.34. The quantitative estimate of drug-likeness (QED) is 0.803. The molecule has 5 heteroatoms. The number of amides is 1. The number of aryl methyl sites for hydroxylation is 2. The van der Waals surface area contributed by atoms with Gasteiger partial charge >= 0.3 is 5.97 Å². The third-order valence-electron chi connectivity index (χ3n) is 5.09. The number of carbonyl (C=O) groups excluding carboxylic acids is 2. The molecule has 0 saturated heterocycles. The topological polar surface area (TPSA) is 64.6 Å². The van der Waals surface area contributed by atoms with Gasteiger partial charge < -0.3 is 14.8 Å². The van der Waals surface area contributed by atoms with Crippen LogP contribution in [-0.4, -0.2) is 31.1 Å². The van der Waals surface area contributed by atoms with E-state index in [1.54, 1.807) is 0 Å². The summed E-state index contributed by atoms with van der Waals surface area (Å²) in [6, 6.07) is 5.91. The third-order valence-corrected chi connectivity index (χ3v) is 5.09. The van der Waals surface area contributed by atoms with Gasteiger partial charge in [0.1, 0.15) is 5.75 Å². The SMILES string of the molecule is Cc1ccc(OCC(=O)OCC(=O)N[C@@H]2CCC[C@H](C)[C@@H]2C)c(C)c1. The van der Waals surface area contributed by atoms with E-state index in [0.29, 0.717) is 17.6 Å². The van der Waals surface area contributed by atoms with Crippen molar-refractivity contribution in [2.45, 2.75) is 53.0 Å². The molecular formula is C20H29NO4. The lowest BCUT2D eigenvalue weighted by molar-refractivity contribution is -0.150. The van der Waals surface area contributed by atoms with E-state index in [1.807, 2.05) is 32.0 Å². The Morgan fingerprint density at radius 2 is 1.92 bits per heavy atom. The molecule has 138 valence electrons. The summed E-state index contributed by atoms with van der Waals surface area (Å²) in [5, 5.41) is 2.99. The van der Waals surface area contributed by atoms with Gasteiger partial charge in [-0.2, -0.15) is 0 Å². The molecule has 0 radical (unpaired) electrons. The number of esters is 1. The average molecular weight is 347 g/mol. The van der Waals surface area contributed by atoms with E-state index in [0.717, 1.165) is 24.0 Å². The predicted molar refractivity (Wildman–Crippen MR) is 96.5 cm³/mol. The normalized spacial score (nSPS) is 23.0. The lowest BCUT2D eigenvalue weighted by atomic mass is 9.78. The first-order valence-corrected chi connectivity index (χ1v) is 9.02. The Hall–Kier alpha value is -2.04. The third kappa shape index (κ3) is 5.76. The van der Waals surface area contributed by atoms with Gasteiger partial charge in [0.05, 0.1) is 0 Å². The van der Waals surface area contributed by atoms with Crippen LogP contribution in [0.15, 0.2) is 18.2 Å². The fraction of sp³-hybridized carbons (Fsp3) is 0.600. The first kappa shape index (κ1) is 19.3. The van der Waals surface area contributed by atoms with Gasteiger partial charge in [-0.3, -0.25) is 4.79 Å². The highest BCUT2D eigenvalue weighted by molar-refractivity contribution is 5.81. The van der Waals surface area contributed by atoms with Gasteiger partial charge in [0.25, 0.3) is 5.91 Å². The van der Waals surface area contributed by atoms with E-state index in [4.69, 9.17) is 9.47 Å². The van der Waals surface area contributed by atoms with Crippen LogP contribution in [0.2, 0.25) is 0 Å². The van der Waals surface area contributed by atoms with Crippen LogP contribution in [0.1, 0.15) is 44.2 Å². The number of nitrogens with one attached hydrogen (secondary N) is 1. The number of benzene rings is 1. The van der Waals surface area contributed by atoms with E-state index in [9.17, 15) is 9.59 Å². The smallest absolute Gasteiger partial charge is 0.344 e. The molecule has 1 N–H and O–H groups in total.